The van der Waals surface area contributed by atoms with E-state index in [1.165, 1.54) is 5.56 Å². The minimum absolute atomic E-state index is 0.179. The molecule has 1 N–H and O–H groups in total. The second-order valence-corrected chi connectivity index (χ2v) is 9.44. The smallest absolute Gasteiger partial charge is 0.224 e. The molecule has 0 aliphatic carbocycles. The van der Waals surface area contributed by atoms with E-state index in [0.29, 0.717) is 5.88 Å². The van der Waals surface area contributed by atoms with E-state index in [2.05, 4.69) is 57.0 Å². The third kappa shape index (κ3) is 4.02. The molecule has 0 spiro atoms. The van der Waals surface area contributed by atoms with Crippen LogP contribution >= 0.6 is 0 Å². The van der Waals surface area contributed by atoms with E-state index in [9.17, 15) is 0 Å². The Morgan fingerprint density at radius 1 is 0.943 bits per heavy atom. The molecule has 7 heteroatoms. The molecule has 4 aromatic heterocycles. The monoisotopic (exact) mass is 464 g/mol. The molecule has 0 amide bonds. The predicted molar refractivity (Wildman–Crippen MR) is 138 cm³/mol. The van der Waals surface area contributed by atoms with Crippen LogP contribution in [0.15, 0.2) is 55.2 Å². The number of piperidine rings is 1. The molecule has 0 bridgehead atoms. The number of aromatic amines is 1. The van der Waals surface area contributed by atoms with Crippen molar-refractivity contribution in [2.24, 2.45) is 0 Å². The van der Waals surface area contributed by atoms with E-state index >= 15 is 0 Å². The molecule has 5 heterocycles. The number of aryl methyl sites for hydroxylation is 2. The van der Waals surface area contributed by atoms with E-state index < -0.39 is 0 Å². The average molecular weight is 465 g/mol. The Bertz CT molecular complexity index is 1510. The van der Waals surface area contributed by atoms with E-state index in [1.807, 2.05) is 37.6 Å². The topological polar surface area (TPSA) is 79.8 Å². The Hall–Kier alpha value is -3.84. The van der Waals surface area contributed by atoms with Gasteiger partial charge in [0.25, 0.3) is 0 Å². The second kappa shape index (κ2) is 8.74. The van der Waals surface area contributed by atoms with Crippen LogP contribution in [0.4, 0.5) is 0 Å². The lowest BCUT2D eigenvalue weighted by Crippen LogP contribution is -2.35. The molecular weight excluding hydrogens is 436 g/mol. The fraction of sp³-hybridized carbons (Fsp3) is 0.286. The Kier molecular flexibility index (Phi) is 5.41. The van der Waals surface area contributed by atoms with Crippen LogP contribution in [0.2, 0.25) is 0 Å². The van der Waals surface area contributed by atoms with Gasteiger partial charge >= 0.3 is 0 Å². The molecule has 1 saturated heterocycles. The van der Waals surface area contributed by atoms with Crippen LogP contribution in [0.3, 0.4) is 0 Å². The standard InChI is InChI=1S/C28H28N6O/c1-17-6-9-29-18(2)26(17)20-13-22-24(15-31-27(22)30-14-20)19-4-5-25-23(12-19)28(33-16-32-25)35-21-7-10-34(3)11-8-21/h4-6,9,12-16,21H,7-8,10-11H2,1-3H3,(H,30,31). The lowest BCUT2D eigenvalue weighted by molar-refractivity contribution is 0.111. The van der Waals surface area contributed by atoms with Gasteiger partial charge in [0.1, 0.15) is 18.1 Å². The van der Waals surface area contributed by atoms with Crippen molar-refractivity contribution in [3.05, 3.63) is 66.5 Å². The van der Waals surface area contributed by atoms with Crippen LogP contribution in [-0.2, 0) is 0 Å². The molecule has 1 aromatic carbocycles. The number of likely N-dealkylation sites (tertiary alicyclic amines) is 1. The number of benzene rings is 1. The number of nitrogens with one attached hydrogen (secondary N) is 1. The highest BCUT2D eigenvalue weighted by molar-refractivity contribution is 5.98. The third-order valence-electron chi connectivity index (χ3n) is 7.02. The maximum atomic E-state index is 6.38. The minimum atomic E-state index is 0.179. The van der Waals surface area contributed by atoms with Crippen molar-refractivity contribution in [1.82, 2.24) is 29.8 Å². The first-order chi connectivity index (χ1) is 17.1. The lowest BCUT2D eigenvalue weighted by atomic mass is 9.98. The number of hydrogen-bond acceptors (Lipinski definition) is 6. The molecule has 176 valence electrons. The summed E-state index contributed by atoms with van der Waals surface area (Å²) in [6, 6.07) is 10.5. The van der Waals surface area contributed by atoms with Crippen LogP contribution in [0.1, 0.15) is 24.1 Å². The first-order valence-electron chi connectivity index (χ1n) is 12.1. The van der Waals surface area contributed by atoms with Gasteiger partial charge in [-0.05, 0) is 69.1 Å². The summed E-state index contributed by atoms with van der Waals surface area (Å²) in [4.78, 5) is 23.9. The summed E-state index contributed by atoms with van der Waals surface area (Å²) in [6.07, 6.45) is 9.57. The fourth-order valence-corrected chi connectivity index (χ4v) is 5.06. The zero-order valence-electron chi connectivity index (χ0n) is 20.2. The van der Waals surface area contributed by atoms with E-state index in [4.69, 9.17) is 9.72 Å². The SMILES string of the molecule is Cc1ccnc(C)c1-c1cnc2[nH]cc(-c3ccc4ncnc(OC5CCN(C)CC5)c4c3)c2c1. The average Bonchev–Trinajstić information content (AvgIpc) is 3.29. The van der Waals surface area contributed by atoms with Crippen molar-refractivity contribution in [3.63, 3.8) is 0 Å². The number of rotatable bonds is 4. The summed E-state index contributed by atoms with van der Waals surface area (Å²) in [5, 5.41) is 2.00. The van der Waals surface area contributed by atoms with Crippen molar-refractivity contribution in [2.45, 2.75) is 32.8 Å². The zero-order chi connectivity index (χ0) is 23.9. The molecule has 0 radical (unpaired) electrons. The molecule has 6 rings (SSSR count). The van der Waals surface area contributed by atoms with Crippen molar-refractivity contribution in [1.29, 1.82) is 0 Å². The number of nitrogens with zero attached hydrogens (tertiary/aromatic N) is 5. The van der Waals surface area contributed by atoms with Crippen LogP contribution in [0, 0.1) is 13.8 Å². The number of pyridine rings is 2. The molecule has 1 aliphatic rings. The van der Waals surface area contributed by atoms with Gasteiger partial charge in [-0.2, -0.15) is 0 Å². The molecule has 5 aromatic rings. The number of aromatic nitrogens is 5. The zero-order valence-corrected chi connectivity index (χ0v) is 20.2. The number of hydrogen-bond donors (Lipinski definition) is 1. The van der Waals surface area contributed by atoms with Crippen molar-refractivity contribution >= 4 is 21.9 Å². The summed E-state index contributed by atoms with van der Waals surface area (Å²) >= 11 is 0. The molecule has 35 heavy (non-hydrogen) atoms. The highest BCUT2D eigenvalue weighted by Gasteiger charge is 2.20. The summed E-state index contributed by atoms with van der Waals surface area (Å²) in [7, 11) is 2.15. The van der Waals surface area contributed by atoms with E-state index in [0.717, 1.165) is 75.8 Å². The largest absolute Gasteiger partial charge is 0.474 e. The molecule has 0 unspecified atom stereocenters. The molecule has 1 aliphatic heterocycles. The van der Waals surface area contributed by atoms with E-state index in [-0.39, 0.29) is 6.10 Å². The van der Waals surface area contributed by atoms with Crippen molar-refractivity contribution in [3.8, 4) is 28.1 Å². The summed E-state index contributed by atoms with van der Waals surface area (Å²) < 4.78 is 6.38. The number of fused-ring (bicyclic) bond motifs is 2. The Labute approximate surface area is 204 Å². The first-order valence-corrected chi connectivity index (χ1v) is 12.1. The third-order valence-corrected chi connectivity index (χ3v) is 7.02. The van der Waals surface area contributed by atoms with Gasteiger partial charge in [-0.25, -0.2) is 15.0 Å². The van der Waals surface area contributed by atoms with Gasteiger partial charge in [-0.3, -0.25) is 4.98 Å². The number of H-pyrrole nitrogens is 1. The van der Waals surface area contributed by atoms with Gasteiger partial charge in [0.05, 0.1) is 10.9 Å². The predicted octanol–water partition coefficient (Wildman–Crippen LogP) is 5.32. The normalized spacial score (nSPS) is 15.2. The van der Waals surface area contributed by atoms with Gasteiger partial charge < -0.3 is 14.6 Å². The van der Waals surface area contributed by atoms with Gasteiger partial charge in [0, 0.05) is 59.5 Å². The Morgan fingerprint density at radius 3 is 2.60 bits per heavy atom. The fourth-order valence-electron chi connectivity index (χ4n) is 5.06. The maximum absolute atomic E-state index is 6.38. The Balaban J connectivity index is 1.42. The molecule has 0 saturated carbocycles. The van der Waals surface area contributed by atoms with Gasteiger partial charge in [0.2, 0.25) is 5.88 Å². The molecule has 7 nitrogen and oxygen atoms in total. The van der Waals surface area contributed by atoms with Crippen LogP contribution in [-0.4, -0.2) is 56.1 Å². The highest BCUT2D eigenvalue weighted by Crippen LogP contribution is 2.35. The number of ether oxygens (including phenoxy) is 1. The highest BCUT2D eigenvalue weighted by atomic mass is 16.5. The molecule has 1 fully saturated rings. The van der Waals surface area contributed by atoms with Crippen LogP contribution in [0.5, 0.6) is 5.88 Å². The lowest BCUT2D eigenvalue weighted by Gasteiger charge is -2.29. The van der Waals surface area contributed by atoms with Gasteiger partial charge in [0.15, 0.2) is 0 Å². The molecular formula is C28H28N6O. The van der Waals surface area contributed by atoms with Gasteiger partial charge in [-0.1, -0.05) is 6.07 Å². The Morgan fingerprint density at radius 2 is 1.77 bits per heavy atom. The summed E-state index contributed by atoms with van der Waals surface area (Å²) in [6.45, 7) is 6.24. The van der Waals surface area contributed by atoms with Crippen LogP contribution in [0.25, 0.3) is 44.2 Å². The summed E-state index contributed by atoms with van der Waals surface area (Å²) in [5.74, 6) is 0.659. The van der Waals surface area contributed by atoms with Gasteiger partial charge in [-0.15, -0.1) is 0 Å². The molecule has 0 atom stereocenters. The van der Waals surface area contributed by atoms with E-state index in [1.54, 1.807) is 6.33 Å². The second-order valence-electron chi connectivity index (χ2n) is 9.44. The van der Waals surface area contributed by atoms with Crippen molar-refractivity contribution < 1.29 is 4.74 Å². The summed E-state index contributed by atoms with van der Waals surface area (Å²) in [5.41, 5.74) is 8.29. The maximum Gasteiger partial charge on any atom is 0.224 e. The van der Waals surface area contributed by atoms with Crippen LogP contribution < -0.4 is 4.74 Å². The quantitative estimate of drug-likeness (QED) is 0.388. The minimum Gasteiger partial charge on any atom is -0.474 e. The van der Waals surface area contributed by atoms with Crippen molar-refractivity contribution in [2.75, 3.05) is 20.1 Å². The first kappa shape index (κ1) is 21.7.